The van der Waals surface area contributed by atoms with E-state index in [0.29, 0.717) is 57.1 Å². The van der Waals surface area contributed by atoms with Crippen molar-refractivity contribution in [3.05, 3.63) is 124 Å². The maximum atomic E-state index is 13.2. The van der Waals surface area contributed by atoms with Gasteiger partial charge in [0.1, 0.15) is 11.5 Å². The third-order valence-electron chi connectivity index (χ3n) is 12.0. The van der Waals surface area contributed by atoms with Crippen molar-refractivity contribution in [2.24, 2.45) is 0 Å². The normalized spacial score (nSPS) is 11.4. The molecule has 0 bridgehead atoms. The summed E-state index contributed by atoms with van der Waals surface area (Å²) in [4.78, 5) is 39.9. The first-order valence-electron chi connectivity index (χ1n) is 24.3. The molecule has 0 spiro atoms. The first kappa shape index (κ1) is 52.7. The molecule has 7 rings (SSSR count). The first-order valence-corrected chi connectivity index (χ1v) is 25.7. The van der Waals surface area contributed by atoms with Gasteiger partial charge >= 0.3 is 0 Å². The lowest BCUT2D eigenvalue weighted by Gasteiger charge is -2.18. The van der Waals surface area contributed by atoms with Gasteiger partial charge in [0, 0.05) is 77.6 Å². The predicted octanol–water partition coefficient (Wildman–Crippen LogP) is 9.51. The van der Waals surface area contributed by atoms with Crippen molar-refractivity contribution in [2.45, 2.75) is 106 Å². The summed E-state index contributed by atoms with van der Waals surface area (Å²) in [7, 11) is -3.55. The fourth-order valence-corrected chi connectivity index (χ4v) is 9.08. The van der Waals surface area contributed by atoms with Gasteiger partial charge in [0.2, 0.25) is 11.8 Å². The third kappa shape index (κ3) is 13.0. The molecule has 4 aromatic heterocycles. The fraction of sp³-hybridized carbons (Fsp3) is 0.407. The summed E-state index contributed by atoms with van der Waals surface area (Å²) >= 11 is 0. The molecule has 0 unspecified atom stereocenters. The average molecular weight is 973 g/mol. The highest BCUT2D eigenvalue weighted by atomic mass is 32.2. The highest BCUT2D eigenvalue weighted by Gasteiger charge is 2.24. The molecule has 7 aromatic rings. The van der Waals surface area contributed by atoms with Crippen LogP contribution in [0.3, 0.4) is 0 Å². The molecule has 0 saturated heterocycles. The van der Waals surface area contributed by atoms with Gasteiger partial charge in [0.05, 0.1) is 48.9 Å². The smallest absolute Gasteiger partial charge is 0.296 e. The van der Waals surface area contributed by atoms with Crippen LogP contribution in [0.1, 0.15) is 93.3 Å². The molecule has 16 heteroatoms. The number of unbranched alkanes of at least 4 members (excludes halogenated alkanes) is 1. The van der Waals surface area contributed by atoms with Crippen LogP contribution in [-0.4, -0.2) is 105 Å². The van der Waals surface area contributed by atoms with E-state index < -0.39 is 10.1 Å². The van der Waals surface area contributed by atoms with E-state index in [9.17, 15) is 18.0 Å². The van der Waals surface area contributed by atoms with Gasteiger partial charge in [-0.05, 0) is 142 Å². The number of fused-ring (bicyclic) bond motifs is 2. The number of aromatic nitrogens is 6. The Kier molecular flexibility index (Phi) is 18.3. The van der Waals surface area contributed by atoms with Crippen LogP contribution >= 0.6 is 0 Å². The second-order valence-corrected chi connectivity index (χ2v) is 18.8. The summed E-state index contributed by atoms with van der Waals surface area (Å²) in [6, 6.07) is 26.3. The Morgan fingerprint density at radius 3 is 1.36 bits per heavy atom. The molecule has 0 aliphatic heterocycles. The number of rotatable bonds is 21. The van der Waals surface area contributed by atoms with Gasteiger partial charge in [-0.25, -0.2) is 19.0 Å². The Morgan fingerprint density at radius 1 is 0.557 bits per heavy atom. The number of hydrogen-bond donors (Lipinski definition) is 0. The lowest BCUT2D eigenvalue weighted by atomic mass is 10.0. The topological polar surface area (TPSA) is 163 Å². The number of likely N-dealkylation sites (N-methyl/N-ethyl adjacent to an activating group) is 2. The second kappa shape index (κ2) is 24.3. The van der Waals surface area contributed by atoms with Crippen LogP contribution < -0.4 is 9.47 Å². The minimum atomic E-state index is -3.55. The fourth-order valence-electron chi connectivity index (χ4n) is 8.14. The minimum absolute atomic E-state index is 0.0583. The Balaban J connectivity index is 0.000000458. The van der Waals surface area contributed by atoms with Crippen LogP contribution in [0.5, 0.6) is 11.5 Å². The largest absolute Gasteiger partial charge is 0.493 e. The first-order chi connectivity index (χ1) is 33.6. The summed E-state index contributed by atoms with van der Waals surface area (Å²) in [5.41, 5.74) is 11.1. The van der Waals surface area contributed by atoms with Crippen molar-refractivity contribution in [3.8, 4) is 34.0 Å². The minimum Gasteiger partial charge on any atom is -0.493 e. The van der Waals surface area contributed by atoms with Gasteiger partial charge in [-0.3, -0.25) is 13.8 Å². The van der Waals surface area contributed by atoms with Crippen LogP contribution in [0, 0.1) is 34.6 Å². The molecule has 0 aliphatic rings. The third-order valence-corrected chi connectivity index (χ3v) is 13.3. The molecular weight excluding hydrogens is 905 g/mol. The zero-order valence-electron chi connectivity index (χ0n) is 42.4. The lowest BCUT2D eigenvalue weighted by molar-refractivity contribution is -0.130. The monoisotopic (exact) mass is 972 g/mol. The number of ether oxygens (including phenoxy) is 2. The van der Waals surface area contributed by atoms with Crippen molar-refractivity contribution >= 4 is 33.2 Å². The Labute approximate surface area is 412 Å². The number of hydrogen-bond acceptors (Lipinski definition) is 11. The second-order valence-electron chi connectivity index (χ2n) is 17.2. The summed E-state index contributed by atoms with van der Waals surface area (Å²) in [5.74, 6) is 1.60. The highest BCUT2D eigenvalue weighted by Crippen LogP contribution is 2.31. The zero-order chi connectivity index (χ0) is 50.5. The average Bonchev–Trinajstić information content (AvgIpc) is 3.88. The number of aryl methyl sites for hydroxylation is 5. The van der Waals surface area contributed by atoms with E-state index in [0.717, 1.165) is 86.3 Å². The van der Waals surface area contributed by atoms with Crippen LogP contribution in [0.15, 0.2) is 89.8 Å². The summed E-state index contributed by atoms with van der Waals surface area (Å²) < 4.78 is 43.8. The van der Waals surface area contributed by atoms with E-state index in [-0.39, 0.29) is 36.2 Å². The molecule has 0 N–H and O–H groups in total. The molecule has 0 radical (unpaired) electrons. The maximum Gasteiger partial charge on any atom is 0.296 e. The van der Waals surface area contributed by atoms with Gasteiger partial charge in [-0.1, -0.05) is 31.0 Å². The van der Waals surface area contributed by atoms with Gasteiger partial charge < -0.3 is 19.3 Å². The molecule has 4 heterocycles. The molecule has 372 valence electrons. The molecule has 0 aliphatic carbocycles. The van der Waals surface area contributed by atoms with E-state index >= 15 is 0 Å². The number of amides is 2. The summed E-state index contributed by atoms with van der Waals surface area (Å²) in [6.45, 7) is 23.6. The standard InChI is InChI=1S/C43H52N8O4.C11H16O3S/c1-9-48(10-2)38(52)26-36-40(46-50-30(7)24-28(5)44-42(36)50)32-14-18-34(19-15-32)54-22-13-23-55-35-20-16-33(17-21-35)41-37(27-39(53)49(11-3)12-4)43-45-29(6)25-31(8)51(43)47-41;1-3-4-9-14-15(12,13)11-7-5-10(2)6-8-11/h14-21,24-25H,9-13,22-23,26-27H2,1-8H3;5-8H,3-4,9H2,1-2H3. The van der Waals surface area contributed by atoms with E-state index in [1.54, 1.807) is 24.3 Å². The highest BCUT2D eigenvalue weighted by molar-refractivity contribution is 7.86. The van der Waals surface area contributed by atoms with Crippen molar-refractivity contribution in [2.75, 3.05) is 46.0 Å². The molecule has 3 aromatic carbocycles. The molecular formula is C54H68N8O7S. The zero-order valence-corrected chi connectivity index (χ0v) is 43.2. The van der Waals surface area contributed by atoms with Crippen LogP contribution in [0.4, 0.5) is 0 Å². The van der Waals surface area contributed by atoms with Crippen LogP contribution in [0.2, 0.25) is 0 Å². The summed E-state index contributed by atoms with van der Waals surface area (Å²) in [5, 5.41) is 9.81. The van der Waals surface area contributed by atoms with Gasteiger partial charge in [0.25, 0.3) is 10.1 Å². The Bertz CT molecular complexity index is 2820. The summed E-state index contributed by atoms with van der Waals surface area (Å²) in [6.07, 6.45) is 2.82. The predicted molar refractivity (Wildman–Crippen MR) is 274 cm³/mol. The van der Waals surface area contributed by atoms with Crippen LogP contribution in [-0.2, 0) is 36.7 Å². The van der Waals surface area contributed by atoms with Crippen LogP contribution in [0.25, 0.3) is 33.8 Å². The van der Waals surface area contributed by atoms with E-state index in [1.807, 2.05) is 149 Å². The molecule has 0 fully saturated rings. The molecule has 0 saturated carbocycles. The van der Waals surface area contributed by atoms with Crippen molar-refractivity contribution < 1.29 is 31.7 Å². The van der Waals surface area contributed by atoms with Gasteiger partial charge in [-0.2, -0.15) is 18.6 Å². The quantitative estimate of drug-likeness (QED) is 0.0498. The van der Waals surface area contributed by atoms with E-state index in [2.05, 4.69) is 0 Å². The number of carbonyl (C=O) groups is 2. The van der Waals surface area contributed by atoms with Crippen molar-refractivity contribution in [1.29, 1.82) is 0 Å². The van der Waals surface area contributed by atoms with Gasteiger partial charge in [-0.15, -0.1) is 0 Å². The molecule has 15 nitrogen and oxygen atoms in total. The Hall–Kier alpha value is -6.65. The van der Waals surface area contributed by atoms with E-state index in [4.69, 9.17) is 33.8 Å². The van der Waals surface area contributed by atoms with E-state index in [1.165, 1.54) is 0 Å². The maximum absolute atomic E-state index is 13.2. The van der Waals surface area contributed by atoms with Crippen molar-refractivity contribution in [1.82, 2.24) is 39.0 Å². The molecule has 2 amide bonds. The lowest BCUT2D eigenvalue weighted by Crippen LogP contribution is -2.31. The van der Waals surface area contributed by atoms with Gasteiger partial charge in [0.15, 0.2) is 11.3 Å². The molecule has 70 heavy (non-hydrogen) atoms. The number of nitrogens with zero attached hydrogens (tertiary/aromatic N) is 8. The SMILES string of the molecule is CCCCOS(=O)(=O)c1ccc(C)cc1.CCN(CC)C(=O)Cc1c(-c2ccc(OCCCOc3ccc(-c4nn5c(C)cc(C)nc5c4CC(=O)N(CC)CC)cc3)cc2)nn2c(C)cc(C)nc12. The Morgan fingerprint density at radius 2 is 0.971 bits per heavy atom. The number of benzene rings is 3. The van der Waals surface area contributed by atoms with Crippen molar-refractivity contribution in [3.63, 3.8) is 0 Å². The molecule has 0 atom stereocenters. The number of carbonyl (C=O) groups excluding carboxylic acids is 2.